The van der Waals surface area contributed by atoms with Crippen LogP contribution in [-0.2, 0) is 9.53 Å². The van der Waals surface area contributed by atoms with E-state index in [0.717, 1.165) is 24.8 Å². The number of aromatic amines is 1. The molecule has 0 bridgehead atoms. The smallest absolute Gasteiger partial charge is 0.311 e. The van der Waals surface area contributed by atoms with Crippen molar-refractivity contribution in [2.45, 2.75) is 39.2 Å². The maximum atomic E-state index is 12.1. The van der Waals surface area contributed by atoms with E-state index < -0.39 is 0 Å². The Morgan fingerprint density at radius 2 is 2.21 bits per heavy atom. The normalized spacial score (nSPS) is 22.2. The summed E-state index contributed by atoms with van der Waals surface area (Å²) in [6, 6.07) is -0.110. The number of rotatable bonds is 4. The third kappa shape index (κ3) is 2.97. The summed E-state index contributed by atoms with van der Waals surface area (Å²) in [7, 11) is 0. The predicted molar refractivity (Wildman–Crippen MR) is 70.8 cm³/mol. The summed E-state index contributed by atoms with van der Waals surface area (Å²) in [6.07, 6.45) is 6.03. The fourth-order valence-electron chi connectivity index (χ4n) is 2.60. The third-order valence-electron chi connectivity index (χ3n) is 3.62. The molecule has 0 unspecified atom stereocenters. The van der Waals surface area contributed by atoms with Gasteiger partial charge in [-0.2, -0.15) is 0 Å². The van der Waals surface area contributed by atoms with Crippen LogP contribution in [0.1, 0.15) is 42.1 Å². The van der Waals surface area contributed by atoms with Crippen molar-refractivity contribution >= 4 is 11.9 Å². The summed E-state index contributed by atoms with van der Waals surface area (Å²) in [5.74, 6) is -0.529. The van der Waals surface area contributed by atoms with E-state index in [1.165, 1.54) is 0 Å². The molecule has 19 heavy (non-hydrogen) atoms. The van der Waals surface area contributed by atoms with E-state index >= 15 is 0 Å². The SMILES string of the molecule is CCOC(=O)[C@@H]1CCC[C@@H]1NC(=O)c1c[nH]cc1C. The Morgan fingerprint density at radius 3 is 2.84 bits per heavy atom. The number of hydrogen-bond donors (Lipinski definition) is 2. The zero-order valence-corrected chi connectivity index (χ0v) is 11.4. The number of amides is 1. The molecule has 2 atom stereocenters. The van der Waals surface area contributed by atoms with Gasteiger partial charge in [-0.05, 0) is 32.3 Å². The van der Waals surface area contributed by atoms with Gasteiger partial charge in [0.2, 0.25) is 0 Å². The van der Waals surface area contributed by atoms with Gasteiger partial charge in [-0.25, -0.2) is 0 Å². The lowest BCUT2D eigenvalue weighted by molar-refractivity contribution is -0.148. The molecule has 0 spiro atoms. The zero-order chi connectivity index (χ0) is 13.8. The van der Waals surface area contributed by atoms with Crippen molar-refractivity contribution in [3.63, 3.8) is 0 Å². The topological polar surface area (TPSA) is 71.2 Å². The van der Waals surface area contributed by atoms with Crippen molar-refractivity contribution in [2.24, 2.45) is 5.92 Å². The lowest BCUT2D eigenvalue weighted by Gasteiger charge is -2.19. The van der Waals surface area contributed by atoms with Gasteiger partial charge in [-0.3, -0.25) is 9.59 Å². The number of esters is 1. The molecule has 1 aromatic heterocycles. The highest BCUT2D eigenvalue weighted by Crippen LogP contribution is 2.27. The van der Waals surface area contributed by atoms with Crippen LogP contribution < -0.4 is 5.32 Å². The molecule has 1 saturated carbocycles. The fraction of sp³-hybridized carbons (Fsp3) is 0.571. The lowest BCUT2D eigenvalue weighted by atomic mass is 10.0. The maximum absolute atomic E-state index is 12.1. The van der Waals surface area contributed by atoms with Crippen LogP contribution in [0.2, 0.25) is 0 Å². The average Bonchev–Trinajstić information content (AvgIpc) is 2.98. The van der Waals surface area contributed by atoms with Gasteiger partial charge in [0.15, 0.2) is 0 Å². The highest BCUT2D eigenvalue weighted by molar-refractivity contribution is 5.96. The van der Waals surface area contributed by atoms with Crippen molar-refractivity contribution in [3.8, 4) is 0 Å². The molecule has 0 aromatic carbocycles. The van der Waals surface area contributed by atoms with E-state index in [4.69, 9.17) is 4.74 Å². The van der Waals surface area contributed by atoms with E-state index in [-0.39, 0.29) is 23.8 Å². The molecule has 1 aliphatic rings. The maximum Gasteiger partial charge on any atom is 0.311 e. The summed E-state index contributed by atoms with van der Waals surface area (Å²) < 4.78 is 5.06. The second-order valence-electron chi connectivity index (χ2n) is 4.92. The highest BCUT2D eigenvalue weighted by Gasteiger charge is 2.35. The largest absolute Gasteiger partial charge is 0.466 e. The number of nitrogens with one attached hydrogen (secondary N) is 2. The van der Waals surface area contributed by atoms with Crippen LogP contribution in [0.4, 0.5) is 0 Å². The van der Waals surface area contributed by atoms with Crippen LogP contribution >= 0.6 is 0 Å². The van der Waals surface area contributed by atoms with Gasteiger partial charge >= 0.3 is 5.97 Å². The molecule has 1 amide bonds. The minimum atomic E-state index is -0.205. The average molecular weight is 264 g/mol. The van der Waals surface area contributed by atoms with Crippen LogP contribution in [0.15, 0.2) is 12.4 Å². The fourth-order valence-corrected chi connectivity index (χ4v) is 2.60. The first-order chi connectivity index (χ1) is 9.13. The summed E-state index contributed by atoms with van der Waals surface area (Å²) in [6.45, 7) is 4.05. The Balaban J connectivity index is 2.00. The van der Waals surface area contributed by atoms with Crippen molar-refractivity contribution in [3.05, 3.63) is 23.5 Å². The number of ether oxygens (including phenoxy) is 1. The monoisotopic (exact) mass is 264 g/mol. The highest BCUT2D eigenvalue weighted by atomic mass is 16.5. The molecular formula is C14H20N2O3. The molecule has 104 valence electrons. The Bertz CT molecular complexity index is 467. The molecule has 0 radical (unpaired) electrons. The molecule has 1 heterocycles. The van der Waals surface area contributed by atoms with Crippen LogP contribution in [-0.4, -0.2) is 29.5 Å². The summed E-state index contributed by atoms with van der Waals surface area (Å²) in [5, 5.41) is 2.95. The van der Waals surface area contributed by atoms with Crippen molar-refractivity contribution in [1.29, 1.82) is 0 Å². The molecule has 0 saturated heterocycles. The second-order valence-corrected chi connectivity index (χ2v) is 4.92. The molecule has 0 aliphatic heterocycles. The molecule has 5 heteroatoms. The van der Waals surface area contributed by atoms with E-state index in [9.17, 15) is 9.59 Å². The van der Waals surface area contributed by atoms with Gasteiger partial charge in [-0.1, -0.05) is 6.42 Å². The van der Waals surface area contributed by atoms with Gasteiger partial charge in [0.1, 0.15) is 0 Å². The first kappa shape index (κ1) is 13.6. The summed E-state index contributed by atoms with van der Waals surface area (Å²) in [5.41, 5.74) is 1.54. The lowest BCUT2D eigenvalue weighted by Crippen LogP contribution is -2.40. The van der Waals surface area contributed by atoms with Crippen LogP contribution in [0, 0.1) is 12.8 Å². The number of carbonyl (C=O) groups is 2. The molecular weight excluding hydrogens is 244 g/mol. The summed E-state index contributed by atoms with van der Waals surface area (Å²) >= 11 is 0. The van der Waals surface area contributed by atoms with E-state index in [0.29, 0.717) is 12.2 Å². The number of hydrogen-bond acceptors (Lipinski definition) is 3. The van der Waals surface area contributed by atoms with Gasteiger partial charge in [0.05, 0.1) is 18.1 Å². The zero-order valence-electron chi connectivity index (χ0n) is 11.4. The quantitative estimate of drug-likeness (QED) is 0.814. The van der Waals surface area contributed by atoms with Gasteiger partial charge < -0.3 is 15.0 Å². The van der Waals surface area contributed by atoms with Crippen LogP contribution in [0.5, 0.6) is 0 Å². The molecule has 5 nitrogen and oxygen atoms in total. The first-order valence-corrected chi connectivity index (χ1v) is 6.74. The van der Waals surface area contributed by atoms with Gasteiger partial charge in [0.25, 0.3) is 5.91 Å². The van der Waals surface area contributed by atoms with Crippen molar-refractivity contribution in [1.82, 2.24) is 10.3 Å². The molecule has 1 fully saturated rings. The number of aromatic nitrogens is 1. The predicted octanol–water partition coefficient (Wildman–Crippen LogP) is 1.78. The Labute approximate surface area is 112 Å². The molecule has 1 aromatic rings. The Kier molecular flexibility index (Phi) is 4.24. The number of carbonyl (C=O) groups excluding carboxylic acids is 2. The van der Waals surface area contributed by atoms with Gasteiger partial charge in [-0.15, -0.1) is 0 Å². The number of aryl methyl sites for hydroxylation is 1. The van der Waals surface area contributed by atoms with E-state index in [2.05, 4.69) is 10.3 Å². The number of H-pyrrole nitrogens is 1. The Hall–Kier alpha value is -1.78. The van der Waals surface area contributed by atoms with Crippen molar-refractivity contribution < 1.29 is 14.3 Å². The molecule has 2 rings (SSSR count). The van der Waals surface area contributed by atoms with Crippen LogP contribution in [0.25, 0.3) is 0 Å². The first-order valence-electron chi connectivity index (χ1n) is 6.74. The third-order valence-corrected chi connectivity index (χ3v) is 3.62. The van der Waals surface area contributed by atoms with Crippen LogP contribution in [0.3, 0.4) is 0 Å². The summed E-state index contributed by atoms with van der Waals surface area (Å²) in [4.78, 5) is 26.8. The molecule has 1 aliphatic carbocycles. The molecule has 2 N–H and O–H groups in total. The van der Waals surface area contributed by atoms with E-state index in [1.54, 1.807) is 19.3 Å². The minimum Gasteiger partial charge on any atom is -0.466 e. The Morgan fingerprint density at radius 1 is 1.42 bits per heavy atom. The van der Waals surface area contributed by atoms with Gasteiger partial charge in [0, 0.05) is 18.4 Å². The second kappa shape index (κ2) is 5.91. The van der Waals surface area contributed by atoms with E-state index in [1.807, 2.05) is 6.92 Å². The van der Waals surface area contributed by atoms with Crippen molar-refractivity contribution in [2.75, 3.05) is 6.61 Å². The minimum absolute atomic E-state index is 0.110. The standard InChI is InChI=1S/C14H20N2O3/c1-3-19-14(18)10-5-4-6-12(10)16-13(17)11-8-15-7-9(11)2/h7-8,10,12,15H,3-6H2,1-2H3,(H,16,17)/t10-,12+/m1/s1.